The van der Waals surface area contributed by atoms with E-state index in [1.54, 1.807) is 11.1 Å². The standard InChI is InChI=1S/C34H27Br/c35-28-20-26(33-29-13-5-1-9-22(29)17-23-10-2-6-14-30(23)33)19-27(21-28)34-31-15-7-3-11-24(31)18-25-12-4-8-16-32(25)34/h1-3,5-7,9,11,13,15,17-21H,4,8,10,12,14,16H2. The molecule has 0 heterocycles. The highest BCUT2D eigenvalue weighted by molar-refractivity contribution is 9.10. The van der Waals surface area contributed by atoms with Crippen LogP contribution in [0.1, 0.15) is 35.1 Å². The van der Waals surface area contributed by atoms with Crippen LogP contribution in [-0.4, -0.2) is 0 Å². The number of allylic oxidation sites excluding steroid dienone is 2. The van der Waals surface area contributed by atoms with E-state index in [2.05, 4.69) is 107 Å². The quantitative estimate of drug-likeness (QED) is 0.205. The van der Waals surface area contributed by atoms with E-state index in [0.717, 1.165) is 17.3 Å². The maximum atomic E-state index is 3.91. The number of hydrogen-bond donors (Lipinski definition) is 0. The third-order valence-electron chi connectivity index (χ3n) is 7.92. The van der Waals surface area contributed by atoms with Crippen molar-refractivity contribution < 1.29 is 0 Å². The fourth-order valence-corrected chi connectivity index (χ4v) is 6.88. The minimum absolute atomic E-state index is 1.00. The number of hydrogen-bond acceptors (Lipinski definition) is 0. The first-order valence-corrected chi connectivity index (χ1v) is 13.6. The molecule has 0 unspecified atom stereocenters. The average Bonchev–Trinajstić information content (AvgIpc) is 2.90. The fourth-order valence-electron chi connectivity index (χ4n) is 6.39. The Balaban J connectivity index is 1.54. The van der Waals surface area contributed by atoms with Gasteiger partial charge in [-0.25, -0.2) is 0 Å². The highest BCUT2D eigenvalue weighted by Crippen LogP contribution is 2.43. The van der Waals surface area contributed by atoms with E-state index >= 15 is 0 Å². The van der Waals surface area contributed by atoms with Gasteiger partial charge >= 0.3 is 0 Å². The van der Waals surface area contributed by atoms with Crippen molar-refractivity contribution in [2.45, 2.75) is 38.5 Å². The van der Waals surface area contributed by atoms with Gasteiger partial charge in [-0.3, -0.25) is 0 Å². The second kappa shape index (κ2) is 8.50. The van der Waals surface area contributed by atoms with Crippen LogP contribution in [-0.2, 0) is 25.7 Å². The molecular weight excluding hydrogens is 488 g/mol. The van der Waals surface area contributed by atoms with Gasteiger partial charge in [-0.1, -0.05) is 88.7 Å². The Kier molecular flexibility index (Phi) is 5.14. The first-order valence-electron chi connectivity index (χ1n) is 12.8. The minimum atomic E-state index is 1.00. The van der Waals surface area contributed by atoms with Gasteiger partial charge in [-0.05, 0) is 123 Å². The largest absolute Gasteiger partial charge is 0.0838 e. The summed E-state index contributed by atoms with van der Waals surface area (Å²) >= 11 is 3.91. The summed E-state index contributed by atoms with van der Waals surface area (Å²) < 4.78 is 1.15. The number of aryl methyl sites for hydroxylation is 1. The summed E-state index contributed by atoms with van der Waals surface area (Å²) in [5.41, 5.74) is 11.5. The Labute approximate surface area is 215 Å². The molecule has 5 aromatic carbocycles. The van der Waals surface area contributed by atoms with Gasteiger partial charge in [0.05, 0.1) is 0 Å². The molecule has 0 amide bonds. The van der Waals surface area contributed by atoms with Crippen molar-refractivity contribution >= 4 is 37.5 Å². The Morgan fingerprint density at radius 3 is 1.89 bits per heavy atom. The third-order valence-corrected chi connectivity index (χ3v) is 8.38. The summed E-state index contributed by atoms with van der Waals surface area (Å²) in [5, 5.41) is 5.42. The van der Waals surface area contributed by atoms with Crippen LogP contribution >= 0.6 is 15.9 Å². The minimum Gasteiger partial charge on any atom is -0.0838 e. The molecular formula is C34H27Br. The molecule has 0 atom stereocenters. The second-order valence-corrected chi connectivity index (χ2v) is 11.0. The lowest BCUT2D eigenvalue weighted by molar-refractivity contribution is 0.688. The predicted molar refractivity (Wildman–Crippen MR) is 153 cm³/mol. The molecule has 5 aromatic rings. The molecule has 2 aliphatic carbocycles. The van der Waals surface area contributed by atoms with Gasteiger partial charge in [0.1, 0.15) is 0 Å². The van der Waals surface area contributed by atoms with E-state index in [4.69, 9.17) is 0 Å². The maximum absolute atomic E-state index is 3.91. The van der Waals surface area contributed by atoms with Crippen molar-refractivity contribution in [1.82, 2.24) is 0 Å². The molecule has 0 N–H and O–H groups in total. The van der Waals surface area contributed by atoms with Crippen molar-refractivity contribution in [3.8, 4) is 22.3 Å². The highest BCUT2D eigenvalue weighted by Gasteiger charge is 2.21. The zero-order valence-corrected chi connectivity index (χ0v) is 21.4. The molecule has 0 saturated heterocycles. The molecule has 0 bridgehead atoms. The molecule has 2 aliphatic rings. The summed E-state index contributed by atoms with van der Waals surface area (Å²) in [5.74, 6) is 0. The van der Waals surface area contributed by atoms with Crippen molar-refractivity contribution in [2.24, 2.45) is 0 Å². The van der Waals surface area contributed by atoms with Gasteiger partial charge in [0.2, 0.25) is 0 Å². The topological polar surface area (TPSA) is 0 Å². The van der Waals surface area contributed by atoms with Crippen LogP contribution in [0.4, 0.5) is 0 Å². The molecule has 170 valence electrons. The van der Waals surface area contributed by atoms with Crippen LogP contribution in [0.2, 0.25) is 0 Å². The molecule has 0 aromatic heterocycles. The van der Waals surface area contributed by atoms with Crippen LogP contribution < -0.4 is 0 Å². The third kappa shape index (κ3) is 3.56. The lowest BCUT2D eigenvalue weighted by Gasteiger charge is -2.23. The molecule has 0 radical (unpaired) electrons. The number of halogens is 1. The Hall–Kier alpha value is -3.16. The van der Waals surface area contributed by atoms with Crippen molar-refractivity contribution in [3.63, 3.8) is 0 Å². The molecule has 7 rings (SSSR count). The normalized spacial score (nSPS) is 14.8. The number of benzene rings is 5. The summed E-state index contributed by atoms with van der Waals surface area (Å²) in [7, 11) is 0. The van der Waals surface area contributed by atoms with E-state index < -0.39 is 0 Å². The Morgan fingerprint density at radius 2 is 1.14 bits per heavy atom. The zero-order chi connectivity index (χ0) is 23.4. The average molecular weight is 515 g/mol. The van der Waals surface area contributed by atoms with E-state index in [-0.39, 0.29) is 0 Å². The first kappa shape index (κ1) is 21.1. The predicted octanol–water partition coefficient (Wildman–Crippen LogP) is 9.62. The molecule has 0 saturated carbocycles. The van der Waals surface area contributed by atoms with E-state index in [1.807, 2.05) is 0 Å². The molecule has 0 fully saturated rings. The number of rotatable bonds is 2. The van der Waals surface area contributed by atoms with Gasteiger partial charge in [0, 0.05) is 4.47 Å². The van der Waals surface area contributed by atoms with Gasteiger partial charge in [0.25, 0.3) is 0 Å². The van der Waals surface area contributed by atoms with E-state index in [0.29, 0.717) is 0 Å². The van der Waals surface area contributed by atoms with Crippen LogP contribution in [0.15, 0.2) is 95.5 Å². The van der Waals surface area contributed by atoms with Gasteiger partial charge in [-0.15, -0.1) is 0 Å². The Morgan fingerprint density at radius 1 is 0.543 bits per heavy atom. The SMILES string of the molecule is Brc1cc(-c2c3c(cc4ccccc24)CC=CC3)cc(-c2c3c(cc4ccccc24)CCCC3)c1. The van der Waals surface area contributed by atoms with Crippen molar-refractivity contribution in [1.29, 1.82) is 0 Å². The molecule has 1 heteroatoms. The van der Waals surface area contributed by atoms with Gasteiger partial charge < -0.3 is 0 Å². The lowest BCUT2D eigenvalue weighted by Crippen LogP contribution is -2.05. The van der Waals surface area contributed by atoms with E-state index in [1.165, 1.54) is 80.6 Å². The summed E-state index contributed by atoms with van der Waals surface area (Å²) in [6.07, 6.45) is 11.6. The van der Waals surface area contributed by atoms with E-state index in [9.17, 15) is 0 Å². The number of fused-ring (bicyclic) bond motifs is 4. The van der Waals surface area contributed by atoms with Crippen LogP contribution in [0.5, 0.6) is 0 Å². The second-order valence-electron chi connectivity index (χ2n) is 10.0. The Bertz CT molecular complexity index is 1650. The van der Waals surface area contributed by atoms with Crippen LogP contribution in [0.25, 0.3) is 43.8 Å². The fraction of sp³-hybridized carbons (Fsp3) is 0.176. The monoisotopic (exact) mass is 514 g/mol. The summed E-state index contributed by atoms with van der Waals surface area (Å²) in [6, 6.07) is 29.8. The maximum Gasteiger partial charge on any atom is 0.0187 e. The molecule has 0 nitrogen and oxygen atoms in total. The van der Waals surface area contributed by atoms with Gasteiger partial charge in [0.15, 0.2) is 0 Å². The molecule has 35 heavy (non-hydrogen) atoms. The van der Waals surface area contributed by atoms with Gasteiger partial charge in [-0.2, -0.15) is 0 Å². The highest BCUT2D eigenvalue weighted by atomic mass is 79.9. The summed E-state index contributed by atoms with van der Waals surface area (Å²) in [6.45, 7) is 0. The smallest absolute Gasteiger partial charge is 0.0187 e. The molecule has 0 spiro atoms. The van der Waals surface area contributed by atoms with Crippen molar-refractivity contribution in [3.05, 3.63) is 118 Å². The lowest BCUT2D eigenvalue weighted by atomic mass is 9.81. The van der Waals surface area contributed by atoms with Crippen molar-refractivity contribution in [2.75, 3.05) is 0 Å². The van der Waals surface area contributed by atoms with Crippen LogP contribution in [0, 0.1) is 0 Å². The first-order chi connectivity index (χ1) is 17.3. The van der Waals surface area contributed by atoms with Crippen LogP contribution in [0.3, 0.4) is 0 Å². The summed E-state index contributed by atoms with van der Waals surface area (Å²) in [4.78, 5) is 0. The zero-order valence-electron chi connectivity index (χ0n) is 19.8. The molecule has 0 aliphatic heterocycles.